The van der Waals surface area contributed by atoms with Gasteiger partial charge >= 0.3 is 0 Å². The maximum Gasteiger partial charge on any atom is 0.267 e. The second kappa shape index (κ2) is 7.34. The minimum absolute atomic E-state index is 0.0125. The van der Waals surface area contributed by atoms with E-state index in [1.165, 1.54) is 23.8 Å². The molecular weight excluding hydrogens is 318 g/mol. The van der Waals surface area contributed by atoms with Crippen LogP contribution in [0.1, 0.15) is 35.8 Å². The van der Waals surface area contributed by atoms with Gasteiger partial charge in [0.25, 0.3) is 5.91 Å². The number of aromatic nitrogens is 1. The number of aryl methyl sites for hydroxylation is 1. The van der Waals surface area contributed by atoms with Crippen molar-refractivity contribution in [1.29, 1.82) is 0 Å². The molecule has 6 heteroatoms. The zero-order valence-corrected chi connectivity index (χ0v) is 14.1. The number of amides is 2. The number of benzene rings is 1. The molecule has 25 heavy (non-hydrogen) atoms. The van der Waals surface area contributed by atoms with E-state index < -0.39 is 5.91 Å². The summed E-state index contributed by atoms with van der Waals surface area (Å²) in [5.74, 6) is -0.404. The van der Waals surface area contributed by atoms with Crippen LogP contribution in [0.3, 0.4) is 0 Å². The van der Waals surface area contributed by atoms with Crippen molar-refractivity contribution >= 4 is 17.5 Å². The Bertz CT molecular complexity index is 844. The topological polar surface area (TPSA) is 82.3 Å². The summed E-state index contributed by atoms with van der Waals surface area (Å²) >= 11 is 0. The lowest BCUT2D eigenvalue weighted by atomic mass is 9.96. The van der Waals surface area contributed by atoms with Crippen LogP contribution in [0.2, 0.25) is 0 Å². The first kappa shape index (κ1) is 17.0. The second-order valence-electron chi connectivity index (χ2n) is 6.21. The molecule has 0 radical (unpaired) electrons. The largest absolute Gasteiger partial charge is 0.350 e. The SMILES string of the molecule is C[C@H]1CCc2ccccc2N1C(=O)CCNC(=O)c1cccc(=O)[nH]1. The van der Waals surface area contributed by atoms with Crippen molar-refractivity contribution in [3.8, 4) is 0 Å². The summed E-state index contributed by atoms with van der Waals surface area (Å²) < 4.78 is 0. The highest BCUT2D eigenvalue weighted by Crippen LogP contribution is 2.30. The Morgan fingerprint density at radius 1 is 1.20 bits per heavy atom. The molecule has 0 spiro atoms. The molecule has 1 aliphatic heterocycles. The number of H-pyrrole nitrogens is 1. The monoisotopic (exact) mass is 339 g/mol. The number of nitrogens with one attached hydrogen (secondary N) is 2. The van der Waals surface area contributed by atoms with Crippen molar-refractivity contribution in [2.45, 2.75) is 32.2 Å². The summed E-state index contributed by atoms with van der Waals surface area (Å²) in [6.45, 7) is 2.26. The zero-order valence-electron chi connectivity index (χ0n) is 14.1. The van der Waals surface area contributed by atoms with Crippen molar-refractivity contribution < 1.29 is 9.59 Å². The number of nitrogens with zero attached hydrogens (tertiary/aromatic N) is 1. The normalized spacial score (nSPS) is 16.2. The van der Waals surface area contributed by atoms with Crippen LogP contribution in [0, 0.1) is 0 Å². The van der Waals surface area contributed by atoms with Crippen LogP contribution in [0.5, 0.6) is 0 Å². The number of rotatable bonds is 4. The molecule has 2 aromatic rings. The molecule has 2 N–H and O–H groups in total. The summed E-state index contributed by atoms with van der Waals surface area (Å²) in [5, 5.41) is 2.68. The summed E-state index contributed by atoms with van der Waals surface area (Å²) in [7, 11) is 0. The lowest BCUT2D eigenvalue weighted by Gasteiger charge is -2.35. The first-order chi connectivity index (χ1) is 12.1. The van der Waals surface area contributed by atoms with Gasteiger partial charge in [-0.2, -0.15) is 0 Å². The van der Waals surface area contributed by atoms with Gasteiger partial charge in [0.15, 0.2) is 0 Å². The Hall–Kier alpha value is -2.89. The molecule has 130 valence electrons. The van der Waals surface area contributed by atoms with E-state index >= 15 is 0 Å². The summed E-state index contributed by atoms with van der Waals surface area (Å²) in [6.07, 6.45) is 2.11. The molecule has 1 aromatic heterocycles. The quantitative estimate of drug-likeness (QED) is 0.892. The number of aromatic amines is 1. The minimum Gasteiger partial charge on any atom is -0.350 e. The fourth-order valence-corrected chi connectivity index (χ4v) is 3.15. The lowest BCUT2D eigenvalue weighted by Crippen LogP contribution is -2.43. The molecule has 3 rings (SSSR count). The zero-order chi connectivity index (χ0) is 17.8. The van der Waals surface area contributed by atoms with E-state index in [-0.39, 0.29) is 36.2 Å². The third-order valence-corrected chi connectivity index (χ3v) is 4.43. The highest BCUT2D eigenvalue weighted by molar-refractivity contribution is 5.96. The Labute approximate surface area is 145 Å². The molecule has 0 fully saturated rings. The first-order valence-corrected chi connectivity index (χ1v) is 8.44. The molecule has 0 unspecified atom stereocenters. The van der Waals surface area contributed by atoms with E-state index in [1.807, 2.05) is 30.0 Å². The van der Waals surface area contributed by atoms with Gasteiger partial charge in [-0.05, 0) is 37.5 Å². The Kier molecular flexibility index (Phi) is 4.97. The van der Waals surface area contributed by atoms with Gasteiger partial charge in [-0.3, -0.25) is 14.4 Å². The second-order valence-corrected chi connectivity index (χ2v) is 6.21. The van der Waals surface area contributed by atoms with Gasteiger partial charge < -0.3 is 15.2 Å². The number of hydrogen-bond donors (Lipinski definition) is 2. The minimum atomic E-state index is -0.391. The van der Waals surface area contributed by atoms with E-state index in [4.69, 9.17) is 0 Å². The van der Waals surface area contributed by atoms with E-state index in [9.17, 15) is 14.4 Å². The van der Waals surface area contributed by atoms with Gasteiger partial charge in [0, 0.05) is 30.8 Å². The van der Waals surface area contributed by atoms with Crippen LogP contribution in [0.4, 0.5) is 5.69 Å². The van der Waals surface area contributed by atoms with Crippen molar-refractivity contribution in [3.05, 3.63) is 64.1 Å². The van der Waals surface area contributed by atoms with Crippen molar-refractivity contribution in [2.24, 2.45) is 0 Å². The summed E-state index contributed by atoms with van der Waals surface area (Å²) in [6, 6.07) is 12.5. The molecule has 0 saturated heterocycles. The Balaban J connectivity index is 1.61. The average molecular weight is 339 g/mol. The Morgan fingerprint density at radius 3 is 2.80 bits per heavy atom. The maximum atomic E-state index is 12.7. The number of hydrogen-bond acceptors (Lipinski definition) is 3. The smallest absolute Gasteiger partial charge is 0.267 e. The van der Waals surface area contributed by atoms with Gasteiger partial charge in [-0.1, -0.05) is 24.3 Å². The van der Waals surface area contributed by atoms with Gasteiger partial charge in [0.05, 0.1) is 0 Å². The fraction of sp³-hybridized carbons (Fsp3) is 0.316. The molecule has 2 amide bonds. The highest BCUT2D eigenvalue weighted by atomic mass is 16.2. The average Bonchev–Trinajstić information content (AvgIpc) is 2.61. The van der Waals surface area contributed by atoms with Crippen molar-refractivity contribution in [3.63, 3.8) is 0 Å². The number of carbonyl (C=O) groups excluding carboxylic acids is 2. The van der Waals surface area contributed by atoms with E-state index in [1.54, 1.807) is 0 Å². The Morgan fingerprint density at radius 2 is 2.00 bits per heavy atom. The number of para-hydroxylation sites is 1. The van der Waals surface area contributed by atoms with E-state index in [0.717, 1.165) is 18.5 Å². The van der Waals surface area contributed by atoms with Crippen LogP contribution >= 0.6 is 0 Å². The molecule has 6 nitrogen and oxygen atoms in total. The molecule has 1 aromatic carbocycles. The molecule has 0 saturated carbocycles. The lowest BCUT2D eigenvalue weighted by molar-refractivity contribution is -0.119. The van der Waals surface area contributed by atoms with Gasteiger partial charge in [-0.25, -0.2) is 0 Å². The summed E-state index contributed by atoms with van der Waals surface area (Å²) in [5.41, 5.74) is 2.00. The van der Waals surface area contributed by atoms with Gasteiger partial charge in [0.2, 0.25) is 11.5 Å². The third kappa shape index (κ3) is 3.79. The molecule has 1 atom stereocenters. The number of carbonyl (C=O) groups is 2. The molecular formula is C19H21N3O3. The molecule has 0 aliphatic carbocycles. The van der Waals surface area contributed by atoms with Crippen molar-refractivity contribution in [1.82, 2.24) is 10.3 Å². The predicted octanol–water partition coefficient (Wildman–Crippen LogP) is 1.86. The first-order valence-electron chi connectivity index (χ1n) is 8.44. The molecule has 0 bridgehead atoms. The van der Waals surface area contributed by atoms with Crippen LogP contribution in [0.15, 0.2) is 47.3 Å². The molecule has 1 aliphatic rings. The summed E-state index contributed by atoms with van der Waals surface area (Å²) in [4.78, 5) is 40.2. The van der Waals surface area contributed by atoms with Gasteiger partial charge in [-0.15, -0.1) is 0 Å². The van der Waals surface area contributed by atoms with E-state index in [0.29, 0.717) is 0 Å². The fourth-order valence-electron chi connectivity index (χ4n) is 3.15. The maximum absolute atomic E-state index is 12.7. The highest BCUT2D eigenvalue weighted by Gasteiger charge is 2.27. The number of anilines is 1. The number of pyridine rings is 1. The van der Waals surface area contributed by atoms with E-state index in [2.05, 4.69) is 16.4 Å². The molecule has 2 heterocycles. The van der Waals surface area contributed by atoms with Crippen LogP contribution in [0.25, 0.3) is 0 Å². The van der Waals surface area contributed by atoms with Crippen LogP contribution in [-0.2, 0) is 11.2 Å². The number of fused-ring (bicyclic) bond motifs is 1. The predicted molar refractivity (Wildman–Crippen MR) is 95.7 cm³/mol. The standard InChI is InChI=1S/C19H21N3O3/c1-13-9-10-14-5-2-3-7-16(14)22(13)18(24)11-12-20-19(25)15-6-4-8-17(23)21-15/h2-8,13H,9-12H2,1H3,(H,20,25)(H,21,23)/t13-/m0/s1. The van der Waals surface area contributed by atoms with Gasteiger partial charge in [0.1, 0.15) is 5.69 Å². The third-order valence-electron chi connectivity index (χ3n) is 4.43. The van der Waals surface area contributed by atoms with Crippen molar-refractivity contribution in [2.75, 3.05) is 11.4 Å². The van der Waals surface area contributed by atoms with Crippen LogP contribution in [-0.4, -0.2) is 29.4 Å². The van der Waals surface area contributed by atoms with Crippen LogP contribution < -0.4 is 15.8 Å².